The van der Waals surface area contributed by atoms with E-state index in [0.717, 1.165) is 32.0 Å². The van der Waals surface area contributed by atoms with E-state index in [0.29, 0.717) is 52.8 Å². The molecule has 10 atom stereocenters. The molecule has 4 unspecified atom stereocenters. The van der Waals surface area contributed by atoms with Crippen LogP contribution in [-0.2, 0) is 4.79 Å². The Morgan fingerprint density at radius 3 is 2.42 bits per heavy atom. The van der Waals surface area contributed by atoms with Crippen LogP contribution in [0.3, 0.4) is 0 Å². The number of rotatable bonds is 3. The summed E-state index contributed by atoms with van der Waals surface area (Å²) in [5, 5.41) is 21.4. The Balaban J connectivity index is 1.61. The Labute approximate surface area is 158 Å². The summed E-state index contributed by atoms with van der Waals surface area (Å²) >= 11 is 0. The van der Waals surface area contributed by atoms with Crippen molar-refractivity contribution in [1.29, 1.82) is 0 Å². The van der Waals surface area contributed by atoms with E-state index in [2.05, 4.69) is 20.8 Å². The molecule has 0 amide bonds. The van der Waals surface area contributed by atoms with E-state index >= 15 is 0 Å². The molecular formula is C23H38O3. The van der Waals surface area contributed by atoms with Crippen LogP contribution in [0.15, 0.2) is 0 Å². The van der Waals surface area contributed by atoms with Crippen molar-refractivity contribution in [1.82, 2.24) is 0 Å². The quantitative estimate of drug-likeness (QED) is 0.740. The number of aldehydes is 1. The fraction of sp³-hybridized carbons (Fsp3) is 0.957. The Morgan fingerprint density at radius 1 is 1.00 bits per heavy atom. The van der Waals surface area contributed by atoms with E-state index in [4.69, 9.17) is 0 Å². The van der Waals surface area contributed by atoms with E-state index in [-0.39, 0.29) is 12.2 Å². The van der Waals surface area contributed by atoms with Gasteiger partial charge in [0, 0.05) is 6.42 Å². The molecule has 0 heterocycles. The van der Waals surface area contributed by atoms with Crippen molar-refractivity contribution < 1.29 is 15.0 Å². The number of fused-ring (bicyclic) bond motifs is 5. The second kappa shape index (κ2) is 6.58. The van der Waals surface area contributed by atoms with Crippen LogP contribution in [0.4, 0.5) is 0 Å². The number of aliphatic hydroxyl groups is 2. The van der Waals surface area contributed by atoms with Crippen LogP contribution in [0.1, 0.15) is 78.6 Å². The lowest BCUT2D eigenvalue weighted by Crippen LogP contribution is -2.58. The highest BCUT2D eigenvalue weighted by atomic mass is 16.3. The van der Waals surface area contributed by atoms with Gasteiger partial charge >= 0.3 is 0 Å². The summed E-state index contributed by atoms with van der Waals surface area (Å²) in [4.78, 5) is 11.1. The molecule has 0 aliphatic heterocycles. The highest BCUT2D eigenvalue weighted by Crippen LogP contribution is 2.68. The van der Waals surface area contributed by atoms with E-state index in [1.807, 2.05) is 0 Å². The predicted molar refractivity (Wildman–Crippen MR) is 102 cm³/mol. The normalized spacial score (nSPS) is 54.7. The zero-order chi connectivity index (χ0) is 18.7. The molecule has 0 saturated heterocycles. The minimum absolute atomic E-state index is 0.161. The summed E-state index contributed by atoms with van der Waals surface area (Å²) < 4.78 is 0. The molecule has 148 valence electrons. The van der Waals surface area contributed by atoms with Gasteiger partial charge in [-0.3, -0.25) is 0 Å². The molecule has 4 aliphatic rings. The van der Waals surface area contributed by atoms with Gasteiger partial charge in [-0.25, -0.2) is 0 Å². The summed E-state index contributed by atoms with van der Waals surface area (Å²) in [6.45, 7) is 7.20. The molecule has 2 N–H and O–H groups in total. The Morgan fingerprint density at radius 2 is 1.69 bits per heavy atom. The molecule has 0 aromatic rings. The third kappa shape index (κ3) is 2.64. The Hall–Kier alpha value is -0.410. The lowest BCUT2D eigenvalue weighted by molar-refractivity contribution is -0.174. The van der Waals surface area contributed by atoms with Gasteiger partial charge in [0.2, 0.25) is 0 Å². The van der Waals surface area contributed by atoms with Gasteiger partial charge in [-0.2, -0.15) is 0 Å². The smallest absolute Gasteiger partial charge is 0.120 e. The van der Waals surface area contributed by atoms with Crippen LogP contribution < -0.4 is 0 Å². The average Bonchev–Trinajstić information content (AvgIpc) is 2.94. The molecule has 26 heavy (non-hydrogen) atoms. The van der Waals surface area contributed by atoms with Crippen LogP contribution in [0.25, 0.3) is 0 Å². The number of aliphatic hydroxyl groups excluding tert-OH is 2. The maximum atomic E-state index is 11.2. The Kier molecular flexibility index (Phi) is 4.79. The molecule has 4 fully saturated rings. The predicted octanol–water partition coefficient (Wildman–Crippen LogP) is 4.20. The van der Waals surface area contributed by atoms with Gasteiger partial charge in [0.15, 0.2) is 0 Å². The zero-order valence-electron chi connectivity index (χ0n) is 16.9. The van der Waals surface area contributed by atoms with Crippen molar-refractivity contribution >= 4 is 6.29 Å². The summed E-state index contributed by atoms with van der Waals surface area (Å²) in [5.41, 5.74) is 0.596. The first-order chi connectivity index (χ1) is 12.3. The van der Waals surface area contributed by atoms with E-state index in [9.17, 15) is 15.0 Å². The van der Waals surface area contributed by atoms with Crippen LogP contribution in [0, 0.1) is 46.3 Å². The summed E-state index contributed by atoms with van der Waals surface area (Å²) in [5.74, 6) is 3.23. The maximum absolute atomic E-state index is 11.2. The lowest BCUT2D eigenvalue weighted by atomic mass is 9.43. The minimum Gasteiger partial charge on any atom is -0.393 e. The lowest BCUT2D eigenvalue weighted by Gasteiger charge is -2.62. The first-order valence-electron chi connectivity index (χ1n) is 11.1. The van der Waals surface area contributed by atoms with Crippen molar-refractivity contribution in [3.63, 3.8) is 0 Å². The monoisotopic (exact) mass is 362 g/mol. The first kappa shape index (κ1) is 18.9. The van der Waals surface area contributed by atoms with Gasteiger partial charge in [0.25, 0.3) is 0 Å². The molecule has 4 saturated carbocycles. The largest absolute Gasteiger partial charge is 0.393 e. The van der Waals surface area contributed by atoms with Gasteiger partial charge in [0.1, 0.15) is 6.29 Å². The molecular weight excluding hydrogens is 324 g/mol. The average molecular weight is 363 g/mol. The Bertz CT molecular complexity index is 548. The van der Waals surface area contributed by atoms with Crippen molar-refractivity contribution in [2.75, 3.05) is 0 Å². The van der Waals surface area contributed by atoms with E-state index in [1.54, 1.807) is 0 Å². The number of hydrogen-bond acceptors (Lipinski definition) is 3. The fourth-order valence-electron chi connectivity index (χ4n) is 8.49. The third-order valence-electron chi connectivity index (χ3n) is 9.88. The molecule has 0 aromatic heterocycles. The van der Waals surface area contributed by atoms with Gasteiger partial charge in [-0.05, 0) is 97.7 Å². The highest BCUT2D eigenvalue weighted by Gasteiger charge is 2.62. The molecule has 3 heteroatoms. The van der Waals surface area contributed by atoms with Gasteiger partial charge < -0.3 is 15.0 Å². The van der Waals surface area contributed by atoms with Crippen LogP contribution in [0.2, 0.25) is 0 Å². The van der Waals surface area contributed by atoms with Crippen LogP contribution in [0.5, 0.6) is 0 Å². The maximum Gasteiger partial charge on any atom is 0.120 e. The first-order valence-corrected chi connectivity index (χ1v) is 11.1. The molecule has 0 bridgehead atoms. The molecule has 0 aromatic carbocycles. The standard InChI is InChI=1S/C23H38O3/c1-14(8-11-24)17-4-5-18-21-19(7-10-23(17,18)3)22(2)9-6-16(25)12-15(22)13-20(21)26/h11,14-21,25-26H,4-10,12-13H2,1-3H3/t14-,15+,16-,17-,18?,19?,20?,21?,22+,23-/m1/s1. The number of carbonyl (C=O) groups excluding carboxylic acids is 1. The van der Waals surface area contributed by atoms with Crippen molar-refractivity contribution in [3.8, 4) is 0 Å². The number of hydrogen-bond donors (Lipinski definition) is 2. The molecule has 0 spiro atoms. The van der Waals surface area contributed by atoms with Crippen LogP contribution in [-0.4, -0.2) is 28.7 Å². The molecule has 0 radical (unpaired) electrons. The van der Waals surface area contributed by atoms with Crippen molar-refractivity contribution in [3.05, 3.63) is 0 Å². The van der Waals surface area contributed by atoms with E-state index in [1.165, 1.54) is 25.7 Å². The van der Waals surface area contributed by atoms with Crippen molar-refractivity contribution in [2.24, 2.45) is 46.3 Å². The third-order valence-corrected chi connectivity index (χ3v) is 9.88. The number of carbonyl (C=O) groups is 1. The molecule has 4 rings (SSSR count). The second-order valence-electron chi connectivity index (χ2n) is 10.8. The van der Waals surface area contributed by atoms with Gasteiger partial charge in [-0.15, -0.1) is 0 Å². The highest BCUT2D eigenvalue weighted by molar-refractivity contribution is 5.49. The fourth-order valence-corrected chi connectivity index (χ4v) is 8.49. The molecule has 4 aliphatic carbocycles. The zero-order valence-corrected chi connectivity index (χ0v) is 16.9. The van der Waals surface area contributed by atoms with Crippen LogP contribution >= 0.6 is 0 Å². The second-order valence-corrected chi connectivity index (χ2v) is 10.8. The van der Waals surface area contributed by atoms with Gasteiger partial charge in [-0.1, -0.05) is 20.8 Å². The van der Waals surface area contributed by atoms with Crippen molar-refractivity contribution in [2.45, 2.75) is 90.8 Å². The summed E-state index contributed by atoms with van der Waals surface area (Å²) in [6.07, 6.45) is 10.2. The SMILES string of the molecule is C[C@H](CC=O)[C@H]1CCC2C3C(O)C[C@@H]4C[C@H](O)CC[C@]4(C)C3CC[C@@]21C. The molecule has 3 nitrogen and oxygen atoms in total. The minimum atomic E-state index is -0.201. The van der Waals surface area contributed by atoms with Gasteiger partial charge in [0.05, 0.1) is 12.2 Å². The van der Waals surface area contributed by atoms with E-state index < -0.39 is 0 Å². The topological polar surface area (TPSA) is 57.5 Å². The summed E-state index contributed by atoms with van der Waals surface area (Å²) in [7, 11) is 0. The summed E-state index contributed by atoms with van der Waals surface area (Å²) in [6, 6.07) is 0.